The molecule has 0 aliphatic rings. The van der Waals surface area contributed by atoms with Crippen molar-refractivity contribution in [3.8, 4) is 0 Å². The van der Waals surface area contributed by atoms with Gasteiger partial charge in [0.15, 0.2) is 0 Å². The van der Waals surface area contributed by atoms with Gasteiger partial charge in [0.25, 0.3) is 0 Å². The molecule has 1 rings (SSSR count). The maximum atomic E-state index is 10.7. The third-order valence-corrected chi connectivity index (χ3v) is 2.58. The van der Waals surface area contributed by atoms with E-state index in [9.17, 15) is 4.79 Å². The fourth-order valence-corrected chi connectivity index (χ4v) is 1.71. The molecular formula is C9H12O4S. The molecular weight excluding hydrogens is 204 g/mol. The molecule has 1 N–H and O–H groups in total. The zero-order valence-corrected chi connectivity index (χ0v) is 8.67. The summed E-state index contributed by atoms with van der Waals surface area (Å²) in [5, 5.41) is 10.5. The van der Waals surface area contributed by atoms with Gasteiger partial charge in [0.2, 0.25) is 0 Å². The van der Waals surface area contributed by atoms with Crippen LogP contribution in [-0.4, -0.2) is 31.4 Å². The summed E-state index contributed by atoms with van der Waals surface area (Å²) in [6.07, 6.45) is 0. The van der Waals surface area contributed by atoms with Crippen LogP contribution in [0.15, 0.2) is 11.4 Å². The predicted octanol–water partition coefficient (Wildman–Crippen LogP) is 1.61. The van der Waals surface area contributed by atoms with Crippen LogP contribution in [0.5, 0.6) is 0 Å². The van der Waals surface area contributed by atoms with Gasteiger partial charge >= 0.3 is 5.97 Å². The van der Waals surface area contributed by atoms with Crippen molar-refractivity contribution in [2.75, 3.05) is 20.3 Å². The summed E-state index contributed by atoms with van der Waals surface area (Å²) >= 11 is 1.21. The molecule has 0 bridgehead atoms. The van der Waals surface area contributed by atoms with Crippen LogP contribution in [-0.2, 0) is 16.1 Å². The summed E-state index contributed by atoms with van der Waals surface area (Å²) in [7, 11) is 1.59. The minimum Gasteiger partial charge on any atom is -0.477 e. The SMILES string of the molecule is COCCOCc1ccsc1C(=O)O. The number of rotatable bonds is 6. The number of hydrogen-bond acceptors (Lipinski definition) is 4. The molecule has 4 nitrogen and oxygen atoms in total. The van der Waals surface area contributed by atoms with Crippen LogP contribution in [0, 0.1) is 0 Å². The number of carboxylic acids is 1. The van der Waals surface area contributed by atoms with E-state index < -0.39 is 5.97 Å². The molecule has 78 valence electrons. The summed E-state index contributed by atoms with van der Waals surface area (Å²) in [5.74, 6) is -0.898. The van der Waals surface area contributed by atoms with Gasteiger partial charge in [-0.05, 0) is 11.4 Å². The highest BCUT2D eigenvalue weighted by Gasteiger charge is 2.10. The zero-order valence-electron chi connectivity index (χ0n) is 7.86. The van der Waals surface area contributed by atoms with Crippen molar-refractivity contribution in [1.82, 2.24) is 0 Å². The van der Waals surface area contributed by atoms with Gasteiger partial charge in [-0.25, -0.2) is 4.79 Å². The Morgan fingerprint density at radius 1 is 1.57 bits per heavy atom. The van der Waals surface area contributed by atoms with E-state index in [0.29, 0.717) is 24.7 Å². The quantitative estimate of drug-likeness (QED) is 0.734. The smallest absolute Gasteiger partial charge is 0.346 e. The van der Waals surface area contributed by atoms with E-state index in [2.05, 4.69) is 0 Å². The number of carbonyl (C=O) groups is 1. The van der Waals surface area contributed by atoms with Crippen molar-refractivity contribution in [2.24, 2.45) is 0 Å². The van der Waals surface area contributed by atoms with E-state index in [-0.39, 0.29) is 0 Å². The first-order chi connectivity index (χ1) is 6.75. The highest BCUT2D eigenvalue weighted by Crippen LogP contribution is 2.17. The standard InChI is InChI=1S/C9H12O4S/c1-12-3-4-13-6-7-2-5-14-8(7)9(10)11/h2,5H,3-4,6H2,1H3,(H,10,11). The summed E-state index contributed by atoms with van der Waals surface area (Å²) in [6.45, 7) is 1.33. The van der Waals surface area contributed by atoms with Crippen LogP contribution in [0.4, 0.5) is 0 Å². The Balaban J connectivity index is 2.42. The summed E-state index contributed by atoms with van der Waals surface area (Å²) in [5.41, 5.74) is 0.721. The Labute approximate surface area is 86.1 Å². The van der Waals surface area contributed by atoms with E-state index >= 15 is 0 Å². The second kappa shape index (κ2) is 5.74. The van der Waals surface area contributed by atoms with Gasteiger partial charge in [-0.3, -0.25) is 0 Å². The molecule has 1 aromatic rings. The lowest BCUT2D eigenvalue weighted by Crippen LogP contribution is -2.04. The Morgan fingerprint density at radius 2 is 2.36 bits per heavy atom. The summed E-state index contributed by atoms with van der Waals surface area (Å²) in [4.78, 5) is 11.1. The maximum Gasteiger partial charge on any atom is 0.346 e. The second-order valence-corrected chi connectivity index (χ2v) is 3.54. The molecule has 0 aliphatic carbocycles. The van der Waals surface area contributed by atoms with Crippen LogP contribution in [0.1, 0.15) is 15.2 Å². The fourth-order valence-electron chi connectivity index (χ4n) is 0.961. The van der Waals surface area contributed by atoms with Crippen molar-refractivity contribution < 1.29 is 19.4 Å². The normalized spacial score (nSPS) is 10.4. The number of carboxylic acid groups (broad SMARTS) is 1. The molecule has 0 unspecified atom stereocenters. The van der Waals surface area contributed by atoms with Gasteiger partial charge in [-0.1, -0.05) is 0 Å². The van der Waals surface area contributed by atoms with Gasteiger partial charge in [0.1, 0.15) is 4.88 Å². The second-order valence-electron chi connectivity index (χ2n) is 2.63. The number of thiophene rings is 1. The minimum atomic E-state index is -0.898. The molecule has 1 heterocycles. The lowest BCUT2D eigenvalue weighted by Gasteiger charge is -2.02. The Hall–Kier alpha value is -0.910. The van der Waals surface area contributed by atoms with Crippen LogP contribution >= 0.6 is 11.3 Å². The number of ether oxygens (including phenoxy) is 2. The van der Waals surface area contributed by atoms with E-state index in [1.807, 2.05) is 0 Å². The van der Waals surface area contributed by atoms with Crippen LogP contribution in [0.25, 0.3) is 0 Å². The first kappa shape index (κ1) is 11.2. The van der Waals surface area contributed by atoms with E-state index in [4.69, 9.17) is 14.6 Å². The van der Waals surface area contributed by atoms with Crippen molar-refractivity contribution in [2.45, 2.75) is 6.61 Å². The minimum absolute atomic E-state index is 0.328. The third kappa shape index (κ3) is 3.10. The van der Waals surface area contributed by atoms with Gasteiger partial charge < -0.3 is 14.6 Å². The molecule has 0 aromatic carbocycles. The molecule has 0 radical (unpaired) electrons. The van der Waals surface area contributed by atoms with Crippen LogP contribution in [0.2, 0.25) is 0 Å². The molecule has 0 atom stereocenters. The average Bonchev–Trinajstić information content (AvgIpc) is 2.60. The lowest BCUT2D eigenvalue weighted by molar-refractivity contribution is 0.0594. The molecule has 1 aromatic heterocycles. The topological polar surface area (TPSA) is 55.8 Å². The largest absolute Gasteiger partial charge is 0.477 e. The zero-order chi connectivity index (χ0) is 10.4. The predicted molar refractivity (Wildman–Crippen MR) is 52.8 cm³/mol. The highest BCUT2D eigenvalue weighted by molar-refractivity contribution is 7.12. The van der Waals surface area contributed by atoms with Gasteiger partial charge in [0.05, 0.1) is 19.8 Å². The van der Waals surface area contributed by atoms with Crippen LogP contribution in [0.3, 0.4) is 0 Å². The van der Waals surface area contributed by atoms with Crippen molar-refractivity contribution >= 4 is 17.3 Å². The average molecular weight is 216 g/mol. The Kier molecular flexibility index (Phi) is 4.58. The van der Waals surface area contributed by atoms with Crippen LogP contribution < -0.4 is 0 Å². The molecule has 0 amide bonds. The maximum absolute atomic E-state index is 10.7. The molecule has 0 spiro atoms. The molecule has 0 fully saturated rings. The molecule has 14 heavy (non-hydrogen) atoms. The summed E-state index contributed by atoms with van der Waals surface area (Å²) < 4.78 is 10.0. The highest BCUT2D eigenvalue weighted by atomic mass is 32.1. The van der Waals surface area contributed by atoms with E-state index in [0.717, 1.165) is 5.56 Å². The van der Waals surface area contributed by atoms with E-state index in [1.165, 1.54) is 11.3 Å². The summed E-state index contributed by atoms with van der Waals surface area (Å²) in [6, 6.07) is 1.76. The lowest BCUT2D eigenvalue weighted by atomic mass is 10.3. The molecule has 0 aliphatic heterocycles. The van der Waals surface area contributed by atoms with Gasteiger partial charge in [-0.15, -0.1) is 11.3 Å². The van der Waals surface area contributed by atoms with Gasteiger partial charge in [0, 0.05) is 12.7 Å². The molecule has 5 heteroatoms. The third-order valence-electron chi connectivity index (χ3n) is 1.63. The monoisotopic (exact) mass is 216 g/mol. The Morgan fingerprint density at radius 3 is 3.00 bits per heavy atom. The number of hydrogen-bond donors (Lipinski definition) is 1. The number of methoxy groups -OCH3 is 1. The fraction of sp³-hybridized carbons (Fsp3) is 0.444. The Bertz CT molecular complexity index is 295. The molecule has 0 saturated carbocycles. The number of aromatic carboxylic acids is 1. The first-order valence-electron chi connectivity index (χ1n) is 4.12. The van der Waals surface area contributed by atoms with E-state index in [1.54, 1.807) is 18.6 Å². The van der Waals surface area contributed by atoms with Crippen molar-refractivity contribution in [3.05, 3.63) is 21.9 Å². The first-order valence-corrected chi connectivity index (χ1v) is 5.00. The van der Waals surface area contributed by atoms with Crippen molar-refractivity contribution in [1.29, 1.82) is 0 Å². The van der Waals surface area contributed by atoms with Crippen molar-refractivity contribution in [3.63, 3.8) is 0 Å². The van der Waals surface area contributed by atoms with Gasteiger partial charge in [-0.2, -0.15) is 0 Å². The molecule has 0 saturated heterocycles.